The molecule has 1 aromatic carbocycles. The number of hydrogen-bond donors (Lipinski definition) is 2. The van der Waals surface area contributed by atoms with Gasteiger partial charge in [0.2, 0.25) is 0 Å². The van der Waals surface area contributed by atoms with Crippen LogP contribution >= 0.6 is 0 Å². The van der Waals surface area contributed by atoms with E-state index >= 15 is 0 Å². The van der Waals surface area contributed by atoms with Crippen LogP contribution in [-0.2, 0) is 6.18 Å². The number of carbonyl (C=O) groups excluding carboxylic acids is 1. The molecule has 3 rings (SSSR count). The fourth-order valence-corrected chi connectivity index (χ4v) is 2.34. The van der Waals surface area contributed by atoms with E-state index in [0.717, 1.165) is 12.1 Å². The minimum absolute atomic E-state index is 0.190. The number of alkyl halides is 3. The second kappa shape index (κ2) is 6.39. The van der Waals surface area contributed by atoms with Gasteiger partial charge in [-0.1, -0.05) is 6.07 Å². The second-order valence-corrected chi connectivity index (χ2v) is 5.36. The number of pyridine rings is 2. The van der Waals surface area contributed by atoms with Crippen LogP contribution in [0.1, 0.15) is 21.6 Å². The fraction of sp³-hybridized carbons (Fsp3) is 0.118. The molecule has 0 aliphatic rings. The predicted octanol–water partition coefficient (Wildman–Crippen LogP) is 3.71. The van der Waals surface area contributed by atoms with Crippen molar-refractivity contribution in [1.82, 2.24) is 15.4 Å². The van der Waals surface area contributed by atoms with E-state index in [1.165, 1.54) is 18.5 Å². The van der Waals surface area contributed by atoms with Gasteiger partial charge in [-0.25, -0.2) is 0 Å². The Kier molecular flexibility index (Phi) is 4.26. The Morgan fingerprint density at radius 1 is 1.08 bits per heavy atom. The number of carbonyl (C=O) groups is 1. The van der Waals surface area contributed by atoms with E-state index in [2.05, 4.69) is 20.8 Å². The van der Waals surface area contributed by atoms with E-state index in [1.54, 1.807) is 25.1 Å². The molecule has 0 atom stereocenters. The summed E-state index contributed by atoms with van der Waals surface area (Å²) in [5.41, 5.74) is 6.05. The van der Waals surface area contributed by atoms with E-state index in [9.17, 15) is 18.0 Å². The Balaban J connectivity index is 1.90. The number of aryl methyl sites for hydroxylation is 1. The average molecular weight is 346 g/mol. The Morgan fingerprint density at radius 2 is 1.80 bits per heavy atom. The summed E-state index contributed by atoms with van der Waals surface area (Å²) in [7, 11) is 0. The summed E-state index contributed by atoms with van der Waals surface area (Å²) >= 11 is 0. The van der Waals surface area contributed by atoms with Gasteiger partial charge in [-0.15, -0.1) is 0 Å². The molecule has 25 heavy (non-hydrogen) atoms. The van der Waals surface area contributed by atoms with Crippen molar-refractivity contribution in [3.8, 4) is 0 Å². The molecule has 5 nitrogen and oxygen atoms in total. The smallest absolute Gasteiger partial charge is 0.298 e. The number of nitrogens with one attached hydrogen (secondary N) is 2. The van der Waals surface area contributed by atoms with Gasteiger partial charge in [0.1, 0.15) is 0 Å². The summed E-state index contributed by atoms with van der Waals surface area (Å²) in [5.74, 6) is -0.392. The van der Waals surface area contributed by atoms with Gasteiger partial charge in [-0.05, 0) is 37.3 Å². The minimum Gasteiger partial charge on any atom is -0.298 e. The molecule has 0 saturated carbocycles. The minimum atomic E-state index is -4.44. The number of anilines is 1. The molecule has 0 unspecified atom stereocenters. The van der Waals surface area contributed by atoms with Gasteiger partial charge in [0, 0.05) is 29.0 Å². The molecule has 0 fully saturated rings. The third-order valence-electron chi connectivity index (χ3n) is 3.52. The molecule has 2 heterocycles. The number of aromatic nitrogens is 2. The van der Waals surface area contributed by atoms with Crippen LogP contribution in [0.5, 0.6) is 0 Å². The lowest BCUT2D eigenvalue weighted by molar-refractivity contribution is -0.137. The maximum Gasteiger partial charge on any atom is 0.416 e. The molecule has 2 aromatic heterocycles. The van der Waals surface area contributed by atoms with Gasteiger partial charge in [-0.2, -0.15) is 13.2 Å². The zero-order valence-electron chi connectivity index (χ0n) is 13.1. The maximum absolute atomic E-state index is 12.9. The first-order valence-corrected chi connectivity index (χ1v) is 7.29. The molecule has 8 heteroatoms. The van der Waals surface area contributed by atoms with Crippen LogP contribution in [0, 0.1) is 6.92 Å². The Bertz CT molecular complexity index is 926. The number of rotatable bonds is 3. The van der Waals surface area contributed by atoms with Crippen LogP contribution in [0.15, 0.2) is 48.8 Å². The highest BCUT2D eigenvalue weighted by molar-refractivity contribution is 5.97. The summed E-state index contributed by atoms with van der Waals surface area (Å²) < 4.78 is 38.6. The number of amides is 1. The number of benzene rings is 1. The fourth-order valence-electron chi connectivity index (χ4n) is 2.34. The molecular formula is C17H13F3N4O. The first-order valence-electron chi connectivity index (χ1n) is 7.29. The first kappa shape index (κ1) is 16.7. The van der Waals surface area contributed by atoms with E-state index in [4.69, 9.17) is 0 Å². The van der Waals surface area contributed by atoms with Crippen molar-refractivity contribution in [2.45, 2.75) is 13.1 Å². The summed E-state index contributed by atoms with van der Waals surface area (Å²) in [4.78, 5) is 20.0. The Morgan fingerprint density at radius 3 is 2.48 bits per heavy atom. The van der Waals surface area contributed by atoms with Crippen LogP contribution in [0.3, 0.4) is 0 Å². The van der Waals surface area contributed by atoms with Crippen LogP contribution in [0.25, 0.3) is 10.9 Å². The van der Waals surface area contributed by atoms with E-state index in [1.807, 2.05) is 0 Å². The molecule has 0 spiro atoms. The molecule has 0 bridgehead atoms. The van der Waals surface area contributed by atoms with Crippen LogP contribution < -0.4 is 10.9 Å². The van der Waals surface area contributed by atoms with Crippen LogP contribution in [-0.4, -0.2) is 15.9 Å². The van der Waals surface area contributed by atoms with Gasteiger partial charge in [-0.3, -0.25) is 25.6 Å². The first-order chi connectivity index (χ1) is 11.8. The van der Waals surface area contributed by atoms with Gasteiger partial charge >= 0.3 is 6.18 Å². The van der Waals surface area contributed by atoms with Crippen LogP contribution in [0.4, 0.5) is 18.9 Å². The normalized spacial score (nSPS) is 11.4. The second-order valence-electron chi connectivity index (χ2n) is 5.36. The average Bonchev–Trinajstić information content (AvgIpc) is 2.58. The quantitative estimate of drug-likeness (QED) is 0.710. The molecule has 2 N–H and O–H groups in total. The summed E-state index contributed by atoms with van der Waals surface area (Å²) in [6, 6.07) is 8.02. The molecule has 0 radical (unpaired) electrons. The molecule has 0 saturated heterocycles. The van der Waals surface area contributed by atoms with Crippen molar-refractivity contribution >= 4 is 22.5 Å². The molecule has 0 aliphatic heterocycles. The van der Waals surface area contributed by atoms with Crippen molar-refractivity contribution in [1.29, 1.82) is 0 Å². The largest absolute Gasteiger partial charge is 0.416 e. The zero-order chi connectivity index (χ0) is 18.0. The SMILES string of the molecule is Cc1cc(NNC(=O)c2ccncc2)c2ccc(C(F)(F)F)cc2n1. The highest BCUT2D eigenvalue weighted by atomic mass is 19.4. The highest BCUT2D eigenvalue weighted by Gasteiger charge is 2.30. The number of hydrazine groups is 1. The zero-order valence-corrected chi connectivity index (χ0v) is 13.1. The lowest BCUT2D eigenvalue weighted by atomic mass is 10.1. The van der Waals surface area contributed by atoms with Gasteiger partial charge in [0.15, 0.2) is 0 Å². The predicted molar refractivity (Wildman–Crippen MR) is 86.8 cm³/mol. The third-order valence-corrected chi connectivity index (χ3v) is 3.52. The van der Waals surface area contributed by atoms with Gasteiger partial charge < -0.3 is 0 Å². The Labute approximate surface area is 140 Å². The molecular weight excluding hydrogens is 333 g/mol. The van der Waals surface area contributed by atoms with Crippen molar-refractivity contribution < 1.29 is 18.0 Å². The lowest BCUT2D eigenvalue weighted by Crippen LogP contribution is -2.29. The maximum atomic E-state index is 12.9. The molecule has 3 aromatic rings. The van der Waals surface area contributed by atoms with Crippen molar-refractivity contribution in [2.75, 3.05) is 5.43 Å². The van der Waals surface area contributed by atoms with Gasteiger partial charge in [0.05, 0.1) is 16.8 Å². The van der Waals surface area contributed by atoms with E-state index in [-0.39, 0.29) is 5.52 Å². The number of hydrogen-bond acceptors (Lipinski definition) is 4. The lowest BCUT2D eigenvalue weighted by Gasteiger charge is -2.13. The molecule has 1 amide bonds. The third kappa shape index (κ3) is 3.68. The molecule has 0 aliphatic carbocycles. The summed E-state index contributed by atoms with van der Waals surface area (Å²) in [5, 5.41) is 0.466. The van der Waals surface area contributed by atoms with Crippen LogP contribution in [0.2, 0.25) is 0 Å². The summed E-state index contributed by atoms with van der Waals surface area (Å²) in [6.07, 6.45) is -1.47. The summed E-state index contributed by atoms with van der Waals surface area (Å²) in [6.45, 7) is 1.66. The van der Waals surface area contributed by atoms with Crippen molar-refractivity contribution in [3.05, 3.63) is 65.6 Å². The van der Waals surface area contributed by atoms with E-state index < -0.39 is 17.6 Å². The number of halogens is 3. The highest BCUT2D eigenvalue weighted by Crippen LogP contribution is 2.32. The standard InChI is InChI=1S/C17H13F3N4O/c1-10-8-15(23-24-16(25)11-4-6-21-7-5-11)13-3-2-12(17(18,19)20)9-14(13)22-10/h2-9H,1H3,(H,22,23)(H,24,25). The number of fused-ring (bicyclic) bond motifs is 1. The monoisotopic (exact) mass is 346 g/mol. The topological polar surface area (TPSA) is 66.9 Å². The van der Waals surface area contributed by atoms with E-state index in [0.29, 0.717) is 22.3 Å². The molecule has 128 valence electrons. The number of nitrogens with zero attached hydrogens (tertiary/aromatic N) is 2. The van der Waals surface area contributed by atoms with Gasteiger partial charge in [0.25, 0.3) is 5.91 Å². The van der Waals surface area contributed by atoms with Crippen molar-refractivity contribution in [2.24, 2.45) is 0 Å². The Hall–Kier alpha value is -3.16. The van der Waals surface area contributed by atoms with Crippen molar-refractivity contribution in [3.63, 3.8) is 0 Å².